The fourth-order valence-corrected chi connectivity index (χ4v) is 2.80. The number of hydrogen-bond acceptors (Lipinski definition) is 3. The number of anilines is 1. The van der Waals surface area contributed by atoms with Crippen molar-refractivity contribution in [3.05, 3.63) is 23.8 Å². The van der Waals surface area contributed by atoms with Crippen molar-refractivity contribution in [3.63, 3.8) is 0 Å². The molecule has 1 unspecified atom stereocenters. The van der Waals surface area contributed by atoms with Gasteiger partial charge in [-0.3, -0.25) is 4.90 Å². The zero-order valence-electron chi connectivity index (χ0n) is 11.5. The Labute approximate surface area is 110 Å². The summed E-state index contributed by atoms with van der Waals surface area (Å²) in [6.45, 7) is 7.14. The molecule has 1 heterocycles. The highest BCUT2D eigenvalue weighted by molar-refractivity contribution is 5.47. The first kappa shape index (κ1) is 13.2. The number of likely N-dealkylation sites (tertiary alicyclic amines) is 1. The standard InChI is InChI=1S/C15H24N2O/c1-3-14-6-5-9-17(14)11-12-10-13(16)7-8-15(12)18-4-2/h7-8,10,14H,3-6,9,11,16H2,1-2H3. The van der Waals surface area contributed by atoms with Crippen molar-refractivity contribution < 1.29 is 4.74 Å². The van der Waals surface area contributed by atoms with Crippen molar-refractivity contribution in [3.8, 4) is 5.75 Å². The summed E-state index contributed by atoms with van der Waals surface area (Å²) < 4.78 is 5.69. The number of benzene rings is 1. The van der Waals surface area contributed by atoms with Gasteiger partial charge in [-0.05, 0) is 50.9 Å². The number of nitrogens with two attached hydrogens (primary N) is 1. The highest BCUT2D eigenvalue weighted by Gasteiger charge is 2.23. The number of nitrogen functional groups attached to an aromatic ring is 1. The predicted octanol–water partition coefficient (Wildman–Crippen LogP) is 3.04. The van der Waals surface area contributed by atoms with Gasteiger partial charge in [0.25, 0.3) is 0 Å². The molecule has 1 aliphatic rings. The lowest BCUT2D eigenvalue weighted by Gasteiger charge is -2.24. The molecule has 2 rings (SSSR count). The Morgan fingerprint density at radius 3 is 2.94 bits per heavy atom. The molecule has 0 bridgehead atoms. The zero-order valence-corrected chi connectivity index (χ0v) is 11.5. The van der Waals surface area contributed by atoms with Crippen LogP contribution in [0.15, 0.2) is 18.2 Å². The highest BCUT2D eigenvalue weighted by Crippen LogP contribution is 2.27. The first-order chi connectivity index (χ1) is 8.74. The predicted molar refractivity (Wildman–Crippen MR) is 75.7 cm³/mol. The van der Waals surface area contributed by atoms with E-state index in [9.17, 15) is 0 Å². The van der Waals surface area contributed by atoms with E-state index in [2.05, 4.69) is 17.9 Å². The van der Waals surface area contributed by atoms with Gasteiger partial charge in [0.2, 0.25) is 0 Å². The smallest absolute Gasteiger partial charge is 0.123 e. The quantitative estimate of drug-likeness (QED) is 0.814. The van der Waals surface area contributed by atoms with Gasteiger partial charge in [-0.1, -0.05) is 6.92 Å². The molecule has 3 heteroatoms. The summed E-state index contributed by atoms with van der Waals surface area (Å²) in [7, 11) is 0. The van der Waals surface area contributed by atoms with Crippen LogP contribution in [0.4, 0.5) is 5.69 Å². The van der Waals surface area contributed by atoms with E-state index in [4.69, 9.17) is 10.5 Å². The Morgan fingerprint density at radius 1 is 1.39 bits per heavy atom. The molecule has 0 radical (unpaired) electrons. The molecule has 1 aromatic rings. The molecule has 1 aliphatic heterocycles. The molecule has 0 aliphatic carbocycles. The van der Waals surface area contributed by atoms with Gasteiger partial charge in [0.15, 0.2) is 0 Å². The Hall–Kier alpha value is -1.22. The molecule has 0 spiro atoms. The van der Waals surface area contributed by atoms with Crippen LogP contribution < -0.4 is 10.5 Å². The normalized spacial score (nSPS) is 20.2. The van der Waals surface area contributed by atoms with Gasteiger partial charge in [0, 0.05) is 23.8 Å². The van der Waals surface area contributed by atoms with E-state index in [0.29, 0.717) is 6.61 Å². The summed E-state index contributed by atoms with van der Waals surface area (Å²) in [5, 5.41) is 0. The molecule has 100 valence electrons. The third kappa shape index (κ3) is 2.96. The summed E-state index contributed by atoms with van der Waals surface area (Å²) >= 11 is 0. The number of hydrogen-bond donors (Lipinski definition) is 1. The van der Waals surface area contributed by atoms with E-state index < -0.39 is 0 Å². The SMILES string of the molecule is CCOc1ccc(N)cc1CN1CCCC1CC. The zero-order chi connectivity index (χ0) is 13.0. The molecule has 0 aromatic heterocycles. The lowest BCUT2D eigenvalue weighted by Crippen LogP contribution is -2.28. The minimum absolute atomic E-state index is 0.703. The second-order valence-corrected chi connectivity index (χ2v) is 4.97. The van der Waals surface area contributed by atoms with Crippen molar-refractivity contribution in [2.24, 2.45) is 0 Å². The van der Waals surface area contributed by atoms with Gasteiger partial charge < -0.3 is 10.5 Å². The van der Waals surface area contributed by atoms with E-state index in [1.165, 1.54) is 31.4 Å². The largest absolute Gasteiger partial charge is 0.494 e. The van der Waals surface area contributed by atoms with Crippen LogP contribution in [-0.4, -0.2) is 24.1 Å². The van der Waals surface area contributed by atoms with Crippen LogP contribution in [0.3, 0.4) is 0 Å². The van der Waals surface area contributed by atoms with Crippen LogP contribution in [-0.2, 0) is 6.54 Å². The van der Waals surface area contributed by atoms with E-state index in [-0.39, 0.29) is 0 Å². The summed E-state index contributed by atoms with van der Waals surface area (Å²) in [5.74, 6) is 0.980. The molecule has 18 heavy (non-hydrogen) atoms. The maximum Gasteiger partial charge on any atom is 0.123 e. The monoisotopic (exact) mass is 248 g/mol. The number of ether oxygens (including phenoxy) is 1. The Bertz CT molecular complexity index is 392. The van der Waals surface area contributed by atoms with E-state index in [0.717, 1.165) is 24.0 Å². The van der Waals surface area contributed by atoms with Crippen LogP contribution >= 0.6 is 0 Å². The fourth-order valence-electron chi connectivity index (χ4n) is 2.80. The summed E-state index contributed by atoms with van der Waals surface area (Å²) in [5.41, 5.74) is 7.93. The van der Waals surface area contributed by atoms with E-state index in [1.54, 1.807) is 0 Å². The van der Waals surface area contributed by atoms with Crippen LogP contribution in [0, 0.1) is 0 Å². The van der Waals surface area contributed by atoms with Crippen molar-refractivity contribution in [1.29, 1.82) is 0 Å². The third-order valence-electron chi connectivity index (χ3n) is 3.73. The molecule has 0 saturated carbocycles. The Morgan fingerprint density at radius 2 is 2.22 bits per heavy atom. The van der Waals surface area contributed by atoms with Crippen molar-refractivity contribution in [2.45, 2.75) is 45.7 Å². The first-order valence-corrected chi connectivity index (χ1v) is 6.99. The number of nitrogens with zero attached hydrogens (tertiary/aromatic N) is 1. The second kappa shape index (κ2) is 6.10. The molecule has 2 N–H and O–H groups in total. The topological polar surface area (TPSA) is 38.5 Å². The average Bonchev–Trinajstić information content (AvgIpc) is 2.80. The van der Waals surface area contributed by atoms with Gasteiger partial charge in [0.1, 0.15) is 5.75 Å². The Kier molecular flexibility index (Phi) is 4.48. The van der Waals surface area contributed by atoms with Crippen molar-refractivity contribution in [2.75, 3.05) is 18.9 Å². The molecule has 0 amide bonds. The molecule has 1 fully saturated rings. The number of rotatable bonds is 5. The molecular weight excluding hydrogens is 224 g/mol. The van der Waals surface area contributed by atoms with Crippen molar-refractivity contribution in [1.82, 2.24) is 4.90 Å². The minimum Gasteiger partial charge on any atom is -0.494 e. The van der Waals surface area contributed by atoms with Gasteiger partial charge in [-0.25, -0.2) is 0 Å². The second-order valence-electron chi connectivity index (χ2n) is 4.97. The van der Waals surface area contributed by atoms with Crippen LogP contribution in [0.5, 0.6) is 5.75 Å². The van der Waals surface area contributed by atoms with Crippen molar-refractivity contribution >= 4 is 5.69 Å². The van der Waals surface area contributed by atoms with Gasteiger partial charge in [-0.15, -0.1) is 0 Å². The lowest BCUT2D eigenvalue weighted by molar-refractivity contribution is 0.234. The third-order valence-corrected chi connectivity index (χ3v) is 3.73. The van der Waals surface area contributed by atoms with E-state index >= 15 is 0 Å². The molecule has 1 aromatic carbocycles. The maximum absolute atomic E-state index is 5.89. The van der Waals surface area contributed by atoms with Gasteiger partial charge >= 0.3 is 0 Å². The van der Waals surface area contributed by atoms with Gasteiger partial charge in [-0.2, -0.15) is 0 Å². The average molecular weight is 248 g/mol. The van der Waals surface area contributed by atoms with Gasteiger partial charge in [0.05, 0.1) is 6.61 Å². The first-order valence-electron chi connectivity index (χ1n) is 6.99. The molecular formula is C15H24N2O. The molecule has 3 nitrogen and oxygen atoms in total. The maximum atomic E-state index is 5.89. The lowest BCUT2D eigenvalue weighted by atomic mass is 10.1. The molecule has 1 saturated heterocycles. The van der Waals surface area contributed by atoms with Crippen LogP contribution in [0.25, 0.3) is 0 Å². The Balaban J connectivity index is 2.14. The summed E-state index contributed by atoms with van der Waals surface area (Å²) in [6, 6.07) is 6.68. The highest BCUT2D eigenvalue weighted by atomic mass is 16.5. The minimum atomic E-state index is 0.703. The van der Waals surface area contributed by atoms with Crippen LogP contribution in [0.2, 0.25) is 0 Å². The summed E-state index contributed by atoms with van der Waals surface area (Å²) in [4.78, 5) is 2.55. The molecule has 1 atom stereocenters. The van der Waals surface area contributed by atoms with Crippen LogP contribution in [0.1, 0.15) is 38.7 Å². The summed E-state index contributed by atoms with van der Waals surface area (Å²) in [6.07, 6.45) is 3.86. The van der Waals surface area contributed by atoms with E-state index in [1.807, 2.05) is 19.1 Å². The fraction of sp³-hybridized carbons (Fsp3) is 0.600.